The molecule has 0 saturated carbocycles. The van der Waals surface area contributed by atoms with Crippen LogP contribution in [0.25, 0.3) is 0 Å². The minimum absolute atomic E-state index is 0.221. The first kappa shape index (κ1) is 17.5. The minimum Gasteiger partial charge on any atom is -0.508 e. The zero-order valence-electron chi connectivity index (χ0n) is 14.8. The van der Waals surface area contributed by atoms with Crippen molar-refractivity contribution in [2.24, 2.45) is 7.05 Å². The zero-order valence-corrected chi connectivity index (χ0v) is 14.8. The normalized spacial score (nSPS) is 17.6. The topological polar surface area (TPSA) is 71.2 Å². The van der Waals surface area contributed by atoms with Crippen LogP contribution in [0.4, 0.5) is 0 Å². The fourth-order valence-corrected chi connectivity index (χ4v) is 3.52. The van der Waals surface area contributed by atoms with E-state index in [0.29, 0.717) is 24.6 Å². The van der Waals surface area contributed by atoms with Crippen molar-refractivity contribution in [3.63, 3.8) is 0 Å². The Hall–Kier alpha value is -2.37. The summed E-state index contributed by atoms with van der Waals surface area (Å²) in [7, 11) is 1.90. The second kappa shape index (κ2) is 8.14. The highest BCUT2D eigenvalue weighted by molar-refractivity contribution is 5.76. The summed E-state index contributed by atoms with van der Waals surface area (Å²) in [5.41, 5.74) is 1.20. The fraction of sp³-hybridized carbons (Fsp3) is 0.526. The lowest BCUT2D eigenvalue weighted by molar-refractivity contribution is -0.135. The molecule has 1 fully saturated rings. The first-order chi connectivity index (χ1) is 12.1. The Labute approximate surface area is 148 Å². The predicted octanol–water partition coefficient (Wildman–Crippen LogP) is 2.47. The molecule has 134 valence electrons. The quantitative estimate of drug-likeness (QED) is 0.875. The summed E-state index contributed by atoms with van der Waals surface area (Å²) in [6.45, 7) is 0.859. The summed E-state index contributed by atoms with van der Waals surface area (Å²) in [5, 5.41) is 17.3. The molecular weight excluding hydrogens is 316 g/mol. The predicted molar refractivity (Wildman–Crippen MR) is 95.1 cm³/mol. The Morgan fingerprint density at radius 1 is 1.24 bits per heavy atom. The van der Waals surface area contributed by atoms with E-state index >= 15 is 0 Å². The Morgan fingerprint density at radius 3 is 2.76 bits per heavy atom. The van der Waals surface area contributed by atoms with Gasteiger partial charge in [-0.05, 0) is 49.8 Å². The van der Waals surface area contributed by atoms with Gasteiger partial charge in [-0.1, -0.05) is 12.1 Å². The summed E-state index contributed by atoms with van der Waals surface area (Å²) in [6.07, 6.45) is 8.05. The van der Waals surface area contributed by atoms with Crippen LogP contribution in [-0.2, 0) is 24.7 Å². The van der Waals surface area contributed by atoms with Crippen molar-refractivity contribution in [1.82, 2.24) is 19.7 Å². The molecule has 0 aliphatic carbocycles. The van der Waals surface area contributed by atoms with Gasteiger partial charge in [-0.15, -0.1) is 10.2 Å². The molecule has 6 nitrogen and oxygen atoms in total. The van der Waals surface area contributed by atoms with Crippen molar-refractivity contribution in [2.75, 3.05) is 6.54 Å². The van der Waals surface area contributed by atoms with Crippen LogP contribution in [0.15, 0.2) is 30.6 Å². The van der Waals surface area contributed by atoms with Gasteiger partial charge in [-0.3, -0.25) is 4.79 Å². The van der Waals surface area contributed by atoms with Crippen molar-refractivity contribution in [2.45, 2.75) is 51.0 Å². The highest BCUT2D eigenvalue weighted by Crippen LogP contribution is 2.23. The minimum atomic E-state index is 0.221. The molecule has 2 aromatic rings. The van der Waals surface area contributed by atoms with Gasteiger partial charge >= 0.3 is 0 Å². The van der Waals surface area contributed by atoms with E-state index in [1.54, 1.807) is 18.5 Å². The molecular formula is C19H26N4O2. The summed E-state index contributed by atoms with van der Waals surface area (Å²) in [4.78, 5) is 14.8. The Kier molecular flexibility index (Phi) is 5.68. The van der Waals surface area contributed by atoms with Gasteiger partial charge in [0.05, 0.1) is 0 Å². The van der Waals surface area contributed by atoms with E-state index in [4.69, 9.17) is 0 Å². The van der Waals surface area contributed by atoms with Crippen LogP contribution in [0.2, 0.25) is 0 Å². The molecule has 1 aromatic carbocycles. The maximum absolute atomic E-state index is 12.7. The monoisotopic (exact) mass is 342 g/mol. The van der Waals surface area contributed by atoms with E-state index in [-0.39, 0.29) is 5.91 Å². The van der Waals surface area contributed by atoms with Crippen molar-refractivity contribution in [3.8, 4) is 5.75 Å². The Morgan fingerprint density at radius 2 is 2.04 bits per heavy atom. The van der Waals surface area contributed by atoms with Crippen molar-refractivity contribution in [1.29, 1.82) is 0 Å². The third-order valence-electron chi connectivity index (χ3n) is 5.02. The lowest BCUT2D eigenvalue weighted by atomic mass is 9.95. The maximum Gasteiger partial charge on any atom is 0.223 e. The summed E-state index contributed by atoms with van der Waals surface area (Å²) >= 11 is 0. The number of phenols is 1. The molecule has 2 heterocycles. The number of hydrogen-bond acceptors (Lipinski definition) is 4. The lowest BCUT2D eigenvalue weighted by Gasteiger charge is -2.36. The van der Waals surface area contributed by atoms with Gasteiger partial charge in [0, 0.05) is 32.5 Å². The molecule has 1 amide bonds. The van der Waals surface area contributed by atoms with E-state index < -0.39 is 0 Å². The van der Waals surface area contributed by atoms with Crippen LogP contribution in [0.5, 0.6) is 5.75 Å². The van der Waals surface area contributed by atoms with Crippen molar-refractivity contribution in [3.05, 3.63) is 42.0 Å². The van der Waals surface area contributed by atoms with E-state index in [1.807, 2.05) is 23.7 Å². The lowest BCUT2D eigenvalue weighted by Crippen LogP contribution is -2.44. The number of rotatable bonds is 6. The highest BCUT2D eigenvalue weighted by Gasteiger charge is 2.26. The highest BCUT2D eigenvalue weighted by atomic mass is 16.3. The van der Waals surface area contributed by atoms with Crippen LogP contribution >= 0.6 is 0 Å². The zero-order chi connectivity index (χ0) is 17.6. The van der Waals surface area contributed by atoms with Crippen molar-refractivity contribution < 1.29 is 9.90 Å². The second-order valence-corrected chi connectivity index (χ2v) is 6.80. The molecule has 1 aliphatic rings. The molecule has 1 aliphatic heterocycles. The fourth-order valence-electron chi connectivity index (χ4n) is 3.52. The third-order valence-corrected chi connectivity index (χ3v) is 5.02. The number of carbonyl (C=O) groups is 1. The van der Waals surface area contributed by atoms with Gasteiger partial charge in [0.25, 0.3) is 0 Å². The number of aromatic hydroxyl groups is 1. The average Bonchev–Trinajstić information content (AvgIpc) is 3.04. The van der Waals surface area contributed by atoms with Crippen molar-refractivity contribution >= 4 is 5.91 Å². The van der Waals surface area contributed by atoms with Crippen LogP contribution in [0.1, 0.15) is 43.5 Å². The van der Waals surface area contributed by atoms with Gasteiger partial charge < -0.3 is 14.6 Å². The first-order valence-electron chi connectivity index (χ1n) is 9.04. The largest absolute Gasteiger partial charge is 0.508 e. The summed E-state index contributed by atoms with van der Waals surface area (Å²) < 4.78 is 1.87. The summed E-state index contributed by atoms with van der Waals surface area (Å²) in [6, 6.07) is 7.67. The molecule has 0 radical (unpaired) electrons. The molecule has 1 aromatic heterocycles. The number of amides is 1. The van der Waals surface area contributed by atoms with Gasteiger partial charge in [0.2, 0.25) is 5.91 Å². The number of aryl methyl sites for hydroxylation is 3. The molecule has 25 heavy (non-hydrogen) atoms. The van der Waals surface area contributed by atoms with Gasteiger partial charge in [-0.2, -0.15) is 0 Å². The molecule has 1 atom stereocenters. The number of aromatic nitrogens is 3. The average molecular weight is 342 g/mol. The number of nitrogens with zero attached hydrogens (tertiary/aromatic N) is 4. The molecule has 3 rings (SSSR count). The number of piperidine rings is 1. The van der Waals surface area contributed by atoms with E-state index in [2.05, 4.69) is 15.1 Å². The van der Waals surface area contributed by atoms with Crippen LogP contribution in [0.3, 0.4) is 0 Å². The van der Waals surface area contributed by atoms with E-state index in [9.17, 15) is 9.90 Å². The molecule has 0 spiro atoms. The number of benzene rings is 1. The number of hydrogen-bond donors (Lipinski definition) is 1. The third kappa shape index (κ3) is 4.59. The molecule has 0 bridgehead atoms. The second-order valence-electron chi connectivity index (χ2n) is 6.80. The Bertz CT molecular complexity index is 696. The molecule has 1 N–H and O–H groups in total. The van der Waals surface area contributed by atoms with Gasteiger partial charge in [0.15, 0.2) is 0 Å². The molecule has 0 unspecified atom stereocenters. The Balaban J connectivity index is 1.55. The summed E-state index contributed by atoms with van der Waals surface area (Å²) in [5.74, 6) is 1.37. The van der Waals surface area contributed by atoms with Gasteiger partial charge in [-0.25, -0.2) is 0 Å². The number of phenolic OH excluding ortho intramolecular Hbond substituents is 1. The SMILES string of the molecule is Cn1cnnc1CCC(=O)N1CCCC[C@H]1CCc1ccc(O)cc1. The number of carbonyl (C=O) groups excluding carboxylic acids is 1. The smallest absolute Gasteiger partial charge is 0.223 e. The van der Waals surface area contributed by atoms with Crippen LogP contribution in [0, 0.1) is 0 Å². The molecule has 1 saturated heterocycles. The van der Waals surface area contributed by atoms with Crippen LogP contribution < -0.4 is 0 Å². The van der Waals surface area contributed by atoms with E-state index in [0.717, 1.165) is 38.1 Å². The molecule has 6 heteroatoms. The maximum atomic E-state index is 12.7. The number of likely N-dealkylation sites (tertiary alicyclic amines) is 1. The van der Waals surface area contributed by atoms with E-state index in [1.165, 1.54) is 12.0 Å². The first-order valence-corrected chi connectivity index (χ1v) is 9.04. The standard InChI is InChI=1S/C19H26N4O2/c1-22-14-20-21-18(22)11-12-19(25)23-13-3-2-4-16(23)8-5-15-6-9-17(24)10-7-15/h6-7,9-10,14,16,24H,2-5,8,11-13H2,1H3/t16-/m0/s1. The van der Waals surface area contributed by atoms with Crippen LogP contribution in [-0.4, -0.2) is 43.3 Å². The van der Waals surface area contributed by atoms with Gasteiger partial charge in [0.1, 0.15) is 17.9 Å².